The first-order valence-corrected chi connectivity index (χ1v) is 17.2. The van der Waals surface area contributed by atoms with Gasteiger partial charge in [-0.3, -0.25) is 19.6 Å². The largest absolute Gasteiger partial charge is 0.619 e. The summed E-state index contributed by atoms with van der Waals surface area (Å²) in [5.41, 5.74) is 2.55. The molecular formula is C37H38Cl2N4O9. The summed E-state index contributed by atoms with van der Waals surface area (Å²) in [6, 6.07) is 15.6. The third-order valence-electron chi connectivity index (χ3n) is 9.01. The Bertz CT molecular complexity index is 1840. The van der Waals surface area contributed by atoms with E-state index in [4.69, 9.17) is 52.1 Å². The van der Waals surface area contributed by atoms with Gasteiger partial charge in [-0.1, -0.05) is 41.4 Å². The number of methoxy groups -OCH3 is 2. The smallest absolute Gasteiger partial charge is 0.414 e. The summed E-state index contributed by atoms with van der Waals surface area (Å²) in [5.74, 6) is 0.665. The highest BCUT2D eigenvalue weighted by Crippen LogP contribution is 2.36. The molecule has 0 unspecified atom stereocenters. The highest BCUT2D eigenvalue weighted by Gasteiger charge is 2.37. The van der Waals surface area contributed by atoms with Gasteiger partial charge in [0.05, 0.1) is 38.2 Å². The second kappa shape index (κ2) is 17.9. The lowest BCUT2D eigenvalue weighted by atomic mass is 9.86. The van der Waals surface area contributed by atoms with Crippen LogP contribution < -0.4 is 19.1 Å². The highest BCUT2D eigenvalue weighted by atomic mass is 35.5. The molecule has 2 aromatic heterocycles. The molecule has 274 valence electrons. The maximum atomic E-state index is 13.8. The Morgan fingerprint density at radius 2 is 1.77 bits per heavy atom. The van der Waals surface area contributed by atoms with Gasteiger partial charge in [0.2, 0.25) is 0 Å². The molecular weight excluding hydrogens is 715 g/mol. The van der Waals surface area contributed by atoms with Gasteiger partial charge in [-0.15, -0.1) is 0 Å². The fraction of sp³-hybridized carbons (Fsp3) is 0.324. The van der Waals surface area contributed by atoms with Gasteiger partial charge in [-0.25, -0.2) is 9.59 Å². The number of carbonyl (C=O) groups is 3. The number of carboxylic acid groups (broad SMARTS) is 1. The van der Waals surface area contributed by atoms with Gasteiger partial charge < -0.3 is 29.3 Å². The van der Waals surface area contributed by atoms with Crippen LogP contribution in [-0.4, -0.2) is 73.5 Å². The number of hydrogen-bond acceptors (Lipinski definition) is 10. The van der Waals surface area contributed by atoms with E-state index in [1.165, 1.54) is 31.5 Å². The van der Waals surface area contributed by atoms with E-state index in [0.29, 0.717) is 44.5 Å². The molecule has 0 saturated carbocycles. The van der Waals surface area contributed by atoms with Crippen molar-refractivity contribution in [2.24, 2.45) is 5.92 Å². The third-order valence-corrected chi connectivity index (χ3v) is 9.66. The number of ether oxygens (including phenoxy) is 4. The molecule has 15 heteroatoms. The number of aromatic nitrogens is 2. The number of benzene rings is 2. The highest BCUT2D eigenvalue weighted by molar-refractivity contribution is 6.35. The maximum absolute atomic E-state index is 13.8. The molecule has 1 N–H and O–H groups in total. The molecule has 3 saturated heterocycles. The van der Waals surface area contributed by atoms with Gasteiger partial charge in [0.1, 0.15) is 22.3 Å². The van der Waals surface area contributed by atoms with Crippen LogP contribution in [0.2, 0.25) is 10.0 Å². The number of rotatable bonds is 11. The Kier molecular flexibility index (Phi) is 13.1. The molecule has 2 atom stereocenters. The van der Waals surface area contributed by atoms with Crippen LogP contribution in [0.3, 0.4) is 0 Å². The zero-order valence-electron chi connectivity index (χ0n) is 28.5. The van der Waals surface area contributed by atoms with Crippen LogP contribution in [0.5, 0.6) is 11.5 Å². The van der Waals surface area contributed by atoms with E-state index in [9.17, 15) is 14.8 Å². The minimum atomic E-state index is -0.878. The number of fused-ring (bicyclic) bond motifs is 3. The van der Waals surface area contributed by atoms with E-state index in [1.807, 2.05) is 6.07 Å². The average Bonchev–Trinajstić information content (AvgIpc) is 3.15. The van der Waals surface area contributed by atoms with Crippen LogP contribution in [-0.2, 0) is 27.2 Å². The lowest BCUT2D eigenvalue weighted by molar-refractivity contribution is -0.605. The molecule has 1 amide bonds. The standard InChI is InChI=1S/C36H36Cl2N4O7.CH2O2/c1-46-31-9-8-25(16-33(31)47-2)32(17-28-29(37)20-41(45)21-30(28)38)48-35(43)26-6-3-5-23(15-26)19-42(27-7-4-12-39-18-27)36(44)49-34-22-40-13-10-24(34)11-14-40;2-1-3/h3-9,12,15-16,18,20-21,24,32,34H,10-11,13-14,17,19,22H2,1-2H3;1H,(H,2,3)/t32-,34-;/m0./s1. The Balaban J connectivity index is 0.00000168. The number of anilines is 1. The fourth-order valence-corrected chi connectivity index (χ4v) is 6.98. The Hall–Kier alpha value is -5.11. The summed E-state index contributed by atoms with van der Waals surface area (Å²) in [6.45, 7) is 2.69. The first kappa shape index (κ1) is 38.1. The number of amides is 1. The molecule has 4 aromatic rings. The first-order valence-electron chi connectivity index (χ1n) is 16.4. The lowest BCUT2D eigenvalue weighted by Crippen LogP contribution is -2.53. The van der Waals surface area contributed by atoms with Crippen molar-refractivity contribution < 1.29 is 43.2 Å². The van der Waals surface area contributed by atoms with Crippen LogP contribution in [0.1, 0.15) is 46.0 Å². The average molecular weight is 754 g/mol. The minimum absolute atomic E-state index is 0.0691. The lowest BCUT2D eigenvalue weighted by Gasteiger charge is -2.44. The Morgan fingerprint density at radius 3 is 2.38 bits per heavy atom. The van der Waals surface area contributed by atoms with Crippen molar-refractivity contribution in [1.29, 1.82) is 0 Å². The number of hydrogen-bond donors (Lipinski definition) is 1. The monoisotopic (exact) mass is 752 g/mol. The SMILES string of the molecule is COc1ccc([C@H](Cc2c(Cl)c[n+]([O-])cc2Cl)OC(=O)c2cccc(CN(C(=O)O[C@H]3CN4CCC3CC4)c3cccnc3)c2)cc1OC.O=CO. The van der Waals surface area contributed by atoms with Crippen molar-refractivity contribution >= 4 is 47.4 Å². The molecule has 5 heterocycles. The molecule has 3 aliphatic heterocycles. The molecule has 52 heavy (non-hydrogen) atoms. The van der Waals surface area contributed by atoms with E-state index in [0.717, 1.165) is 32.5 Å². The number of carbonyl (C=O) groups excluding carboxylic acids is 2. The quantitative estimate of drug-likeness (QED) is 0.0816. The first-order chi connectivity index (χ1) is 25.1. The molecule has 2 aromatic carbocycles. The van der Waals surface area contributed by atoms with Crippen LogP contribution >= 0.6 is 23.2 Å². The molecule has 3 fully saturated rings. The van der Waals surface area contributed by atoms with Crippen molar-refractivity contribution in [3.8, 4) is 11.5 Å². The maximum Gasteiger partial charge on any atom is 0.414 e. The van der Waals surface area contributed by atoms with Crippen LogP contribution in [0, 0.1) is 11.1 Å². The van der Waals surface area contributed by atoms with Crippen molar-refractivity contribution in [3.05, 3.63) is 117 Å². The van der Waals surface area contributed by atoms with E-state index in [1.54, 1.807) is 60.9 Å². The zero-order chi connectivity index (χ0) is 37.2. The van der Waals surface area contributed by atoms with Gasteiger partial charge in [-0.2, -0.15) is 4.73 Å². The van der Waals surface area contributed by atoms with Crippen molar-refractivity contribution in [2.75, 3.05) is 38.8 Å². The zero-order valence-corrected chi connectivity index (χ0v) is 30.0. The predicted octanol–water partition coefficient (Wildman–Crippen LogP) is 6.12. The van der Waals surface area contributed by atoms with Crippen molar-refractivity contribution in [3.63, 3.8) is 0 Å². The molecule has 0 aliphatic carbocycles. The van der Waals surface area contributed by atoms with Gasteiger partial charge in [0, 0.05) is 24.7 Å². The van der Waals surface area contributed by atoms with Crippen molar-refractivity contribution in [2.45, 2.75) is 38.0 Å². The normalized spacial score (nSPS) is 17.9. The number of pyridine rings is 2. The molecule has 0 spiro atoms. The number of nitrogens with zero attached hydrogens (tertiary/aromatic N) is 4. The summed E-state index contributed by atoms with van der Waals surface area (Å²) in [4.78, 5) is 43.9. The van der Waals surface area contributed by atoms with Gasteiger partial charge in [-0.05, 0) is 79.4 Å². The van der Waals surface area contributed by atoms with E-state index >= 15 is 0 Å². The van der Waals surface area contributed by atoms with E-state index < -0.39 is 18.2 Å². The molecule has 7 rings (SSSR count). The predicted molar refractivity (Wildman–Crippen MR) is 192 cm³/mol. The van der Waals surface area contributed by atoms with E-state index in [2.05, 4.69) is 9.88 Å². The Morgan fingerprint density at radius 1 is 1.06 bits per heavy atom. The Labute approximate surface area is 310 Å². The van der Waals surface area contributed by atoms with Gasteiger partial charge >= 0.3 is 12.1 Å². The van der Waals surface area contributed by atoms with Crippen LogP contribution in [0.15, 0.2) is 79.4 Å². The minimum Gasteiger partial charge on any atom is -0.619 e. The number of halogens is 2. The molecule has 3 aliphatic rings. The summed E-state index contributed by atoms with van der Waals surface area (Å²) >= 11 is 12.8. The summed E-state index contributed by atoms with van der Waals surface area (Å²) in [7, 11) is 3.03. The van der Waals surface area contributed by atoms with E-state index in [-0.39, 0.29) is 41.2 Å². The summed E-state index contributed by atoms with van der Waals surface area (Å²) < 4.78 is 23.6. The van der Waals surface area contributed by atoms with Crippen LogP contribution in [0.4, 0.5) is 10.5 Å². The second-order valence-corrected chi connectivity index (χ2v) is 13.0. The number of esters is 1. The molecule has 13 nitrogen and oxygen atoms in total. The molecule has 2 bridgehead atoms. The number of piperidine rings is 3. The van der Waals surface area contributed by atoms with Crippen molar-refractivity contribution in [1.82, 2.24) is 9.88 Å². The van der Waals surface area contributed by atoms with Crippen LogP contribution in [0.25, 0.3) is 0 Å². The topological polar surface area (TPSA) is 155 Å². The summed E-state index contributed by atoms with van der Waals surface area (Å²) in [5, 5.41) is 19.1. The second-order valence-electron chi connectivity index (χ2n) is 12.2. The fourth-order valence-electron chi connectivity index (χ4n) is 6.38. The van der Waals surface area contributed by atoms with Gasteiger partial charge in [0.25, 0.3) is 6.47 Å². The summed E-state index contributed by atoms with van der Waals surface area (Å²) in [6.07, 6.45) is 6.21. The third kappa shape index (κ3) is 9.40. The van der Waals surface area contributed by atoms with Gasteiger partial charge in [0.15, 0.2) is 23.9 Å². The molecule has 0 radical (unpaired) electrons.